The SMILES string of the molecule is CC.CCNCCCn1cc(CCCCCCCCC(=O)C(C)C)nn1. The first-order valence-electron chi connectivity index (χ1n) is 10.8. The smallest absolute Gasteiger partial charge is 0.135 e. The van der Waals surface area contributed by atoms with Gasteiger partial charge < -0.3 is 5.32 Å². The Labute approximate surface area is 161 Å². The number of carbonyl (C=O) groups is 1. The quantitative estimate of drug-likeness (QED) is 0.453. The molecular weight excluding hydrogens is 324 g/mol. The Hall–Kier alpha value is -1.23. The Morgan fingerprint density at radius 3 is 2.38 bits per heavy atom. The van der Waals surface area contributed by atoms with Gasteiger partial charge in [-0.1, -0.05) is 65.5 Å². The molecule has 0 fully saturated rings. The molecule has 0 saturated carbocycles. The molecule has 1 N–H and O–H groups in total. The van der Waals surface area contributed by atoms with Gasteiger partial charge in [-0.3, -0.25) is 9.48 Å². The zero-order valence-electron chi connectivity index (χ0n) is 17.9. The maximum atomic E-state index is 11.5. The highest BCUT2D eigenvalue weighted by molar-refractivity contribution is 5.80. The summed E-state index contributed by atoms with van der Waals surface area (Å²) in [6.07, 6.45) is 12.1. The van der Waals surface area contributed by atoms with Crippen molar-refractivity contribution in [2.24, 2.45) is 5.92 Å². The lowest BCUT2D eigenvalue weighted by Gasteiger charge is -2.04. The number of ketones is 1. The summed E-state index contributed by atoms with van der Waals surface area (Å²) in [7, 11) is 0. The van der Waals surface area contributed by atoms with Crippen LogP contribution in [0, 0.1) is 5.92 Å². The molecule has 0 bridgehead atoms. The van der Waals surface area contributed by atoms with Gasteiger partial charge in [-0.15, -0.1) is 5.10 Å². The van der Waals surface area contributed by atoms with E-state index in [1.165, 1.54) is 32.1 Å². The molecule has 0 aliphatic heterocycles. The van der Waals surface area contributed by atoms with Gasteiger partial charge in [0, 0.05) is 25.1 Å². The van der Waals surface area contributed by atoms with E-state index in [1.807, 2.05) is 32.4 Å². The minimum atomic E-state index is 0.196. The van der Waals surface area contributed by atoms with Crippen LogP contribution in [0.5, 0.6) is 0 Å². The number of hydrogen-bond donors (Lipinski definition) is 1. The summed E-state index contributed by atoms with van der Waals surface area (Å²) in [6.45, 7) is 13.1. The molecule has 0 atom stereocenters. The van der Waals surface area contributed by atoms with Crippen LogP contribution in [-0.2, 0) is 17.8 Å². The van der Waals surface area contributed by atoms with Gasteiger partial charge in [0.15, 0.2) is 0 Å². The average Bonchev–Trinajstić information content (AvgIpc) is 3.10. The van der Waals surface area contributed by atoms with Crippen LogP contribution in [-0.4, -0.2) is 33.9 Å². The second-order valence-corrected chi connectivity index (χ2v) is 6.92. The summed E-state index contributed by atoms with van der Waals surface area (Å²) in [6, 6.07) is 0. The Balaban J connectivity index is 0.00000301. The molecule has 0 aliphatic rings. The van der Waals surface area contributed by atoms with E-state index in [0.29, 0.717) is 5.78 Å². The number of unbranched alkanes of at least 4 members (excludes halogenated alkanes) is 5. The van der Waals surface area contributed by atoms with Crippen molar-refractivity contribution in [1.29, 1.82) is 0 Å². The number of Topliss-reactive ketones (excluding diaryl/α,β-unsaturated/α-hetero) is 1. The van der Waals surface area contributed by atoms with Crippen LogP contribution in [0.1, 0.15) is 91.7 Å². The molecule has 0 spiro atoms. The number of aryl methyl sites for hydroxylation is 2. The predicted molar refractivity (Wildman–Crippen MR) is 110 cm³/mol. The van der Waals surface area contributed by atoms with Gasteiger partial charge in [0.1, 0.15) is 5.78 Å². The highest BCUT2D eigenvalue weighted by atomic mass is 16.1. The zero-order chi connectivity index (χ0) is 19.6. The molecule has 0 aliphatic carbocycles. The summed E-state index contributed by atoms with van der Waals surface area (Å²) in [5.41, 5.74) is 1.11. The standard InChI is InChI=1S/C19H36N4O.C2H6/c1-4-20-14-11-15-23-16-18(21-22-23)12-9-7-5-6-8-10-13-19(24)17(2)3;1-2/h16-17,20H,4-15H2,1-3H3;1-2H3. The fourth-order valence-electron chi connectivity index (χ4n) is 2.71. The first-order chi connectivity index (χ1) is 12.6. The van der Waals surface area contributed by atoms with Crippen LogP contribution in [0.3, 0.4) is 0 Å². The average molecular weight is 367 g/mol. The van der Waals surface area contributed by atoms with Crippen LogP contribution in [0.15, 0.2) is 6.20 Å². The fourth-order valence-corrected chi connectivity index (χ4v) is 2.71. The topological polar surface area (TPSA) is 59.8 Å². The molecule has 152 valence electrons. The molecule has 0 saturated heterocycles. The third-order valence-corrected chi connectivity index (χ3v) is 4.33. The van der Waals surface area contributed by atoms with Crippen molar-refractivity contribution in [1.82, 2.24) is 20.3 Å². The Morgan fingerprint density at radius 2 is 1.73 bits per heavy atom. The molecule has 0 unspecified atom stereocenters. The van der Waals surface area contributed by atoms with Crippen molar-refractivity contribution >= 4 is 5.78 Å². The largest absolute Gasteiger partial charge is 0.317 e. The summed E-state index contributed by atoms with van der Waals surface area (Å²) < 4.78 is 1.96. The number of hydrogen-bond acceptors (Lipinski definition) is 4. The first kappa shape index (κ1) is 24.8. The van der Waals surface area contributed by atoms with Crippen molar-refractivity contribution < 1.29 is 4.79 Å². The summed E-state index contributed by atoms with van der Waals surface area (Å²) in [5.74, 6) is 0.602. The van der Waals surface area contributed by atoms with Crippen molar-refractivity contribution in [3.05, 3.63) is 11.9 Å². The molecule has 0 radical (unpaired) electrons. The summed E-state index contributed by atoms with van der Waals surface area (Å²) in [5, 5.41) is 11.8. The van der Waals surface area contributed by atoms with Gasteiger partial charge in [-0.05, 0) is 38.8 Å². The van der Waals surface area contributed by atoms with E-state index < -0.39 is 0 Å². The maximum absolute atomic E-state index is 11.5. The van der Waals surface area contributed by atoms with Crippen LogP contribution in [0.25, 0.3) is 0 Å². The molecule has 1 heterocycles. The molecule has 0 amide bonds. The highest BCUT2D eigenvalue weighted by Crippen LogP contribution is 2.11. The van der Waals surface area contributed by atoms with Gasteiger partial charge in [-0.25, -0.2) is 0 Å². The van der Waals surface area contributed by atoms with Crippen molar-refractivity contribution in [3.63, 3.8) is 0 Å². The molecule has 1 aromatic heterocycles. The van der Waals surface area contributed by atoms with E-state index >= 15 is 0 Å². The van der Waals surface area contributed by atoms with Crippen LogP contribution in [0.4, 0.5) is 0 Å². The first-order valence-corrected chi connectivity index (χ1v) is 10.8. The number of carbonyl (C=O) groups excluding carboxylic acids is 1. The zero-order valence-corrected chi connectivity index (χ0v) is 17.9. The lowest BCUT2D eigenvalue weighted by atomic mass is 10.0. The normalized spacial score (nSPS) is 10.7. The Bertz CT molecular complexity index is 443. The second-order valence-electron chi connectivity index (χ2n) is 6.92. The lowest BCUT2D eigenvalue weighted by Crippen LogP contribution is -2.16. The lowest BCUT2D eigenvalue weighted by molar-refractivity contribution is -0.122. The third kappa shape index (κ3) is 13.0. The third-order valence-electron chi connectivity index (χ3n) is 4.33. The van der Waals surface area contributed by atoms with E-state index in [4.69, 9.17) is 0 Å². The van der Waals surface area contributed by atoms with Gasteiger partial charge in [0.05, 0.1) is 5.69 Å². The monoisotopic (exact) mass is 366 g/mol. The van der Waals surface area contributed by atoms with E-state index in [-0.39, 0.29) is 5.92 Å². The molecule has 5 heteroatoms. The van der Waals surface area contributed by atoms with E-state index in [9.17, 15) is 4.79 Å². The molecule has 1 aromatic rings. The number of aromatic nitrogens is 3. The minimum absolute atomic E-state index is 0.196. The van der Waals surface area contributed by atoms with E-state index in [2.05, 4.69) is 28.7 Å². The van der Waals surface area contributed by atoms with E-state index in [1.54, 1.807) is 0 Å². The molecule has 0 aromatic carbocycles. The molecule has 5 nitrogen and oxygen atoms in total. The van der Waals surface area contributed by atoms with Gasteiger partial charge in [0.25, 0.3) is 0 Å². The van der Waals surface area contributed by atoms with E-state index in [0.717, 1.165) is 51.0 Å². The number of rotatable bonds is 15. The Kier molecular flexibility index (Phi) is 16.4. The van der Waals surface area contributed by atoms with Gasteiger partial charge >= 0.3 is 0 Å². The highest BCUT2D eigenvalue weighted by Gasteiger charge is 2.06. The Morgan fingerprint density at radius 1 is 1.08 bits per heavy atom. The van der Waals surface area contributed by atoms with Crippen LogP contribution in [0.2, 0.25) is 0 Å². The molecule has 1 rings (SSSR count). The van der Waals surface area contributed by atoms with Crippen molar-refractivity contribution in [3.8, 4) is 0 Å². The second kappa shape index (κ2) is 17.2. The minimum Gasteiger partial charge on any atom is -0.317 e. The predicted octanol–water partition coefficient (Wildman–Crippen LogP) is 4.80. The maximum Gasteiger partial charge on any atom is 0.135 e. The van der Waals surface area contributed by atoms with Crippen LogP contribution >= 0.6 is 0 Å². The van der Waals surface area contributed by atoms with Gasteiger partial charge in [0.2, 0.25) is 0 Å². The molecular formula is C21H42N4O. The van der Waals surface area contributed by atoms with Crippen LogP contribution < -0.4 is 5.32 Å². The summed E-state index contributed by atoms with van der Waals surface area (Å²) in [4.78, 5) is 11.5. The fraction of sp³-hybridized carbons (Fsp3) is 0.857. The number of nitrogens with zero attached hydrogens (tertiary/aromatic N) is 3. The summed E-state index contributed by atoms with van der Waals surface area (Å²) >= 11 is 0. The van der Waals surface area contributed by atoms with Gasteiger partial charge in [-0.2, -0.15) is 0 Å². The van der Waals surface area contributed by atoms with Crippen molar-refractivity contribution in [2.75, 3.05) is 13.1 Å². The number of nitrogens with one attached hydrogen (secondary N) is 1. The van der Waals surface area contributed by atoms with Crippen molar-refractivity contribution in [2.45, 2.75) is 99.0 Å². The molecule has 26 heavy (non-hydrogen) atoms.